The second kappa shape index (κ2) is 3.64. The van der Waals surface area contributed by atoms with Gasteiger partial charge in [-0.05, 0) is 0 Å². The predicted molar refractivity (Wildman–Crippen MR) is 50.6 cm³/mol. The van der Waals surface area contributed by atoms with Crippen molar-refractivity contribution in [2.75, 3.05) is 17.6 Å². The minimum absolute atomic E-state index is 0.00799. The van der Waals surface area contributed by atoms with E-state index >= 15 is 0 Å². The lowest BCUT2D eigenvalue weighted by atomic mass is 10.5. The zero-order valence-electron chi connectivity index (χ0n) is 7.54. The van der Waals surface area contributed by atoms with Gasteiger partial charge >= 0.3 is 0 Å². The summed E-state index contributed by atoms with van der Waals surface area (Å²) in [6.45, 7) is -0.495. The van der Waals surface area contributed by atoms with E-state index in [2.05, 4.69) is 25.3 Å². The first-order valence-corrected chi connectivity index (χ1v) is 4.15. The van der Waals surface area contributed by atoms with Gasteiger partial charge in [0.2, 0.25) is 5.95 Å². The van der Waals surface area contributed by atoms with E-state index in [1.807, 2.05) is 0 Å². The van der Waals surface area contributed by atoms with Crippen LogP contribution >= 0.6 is 0 Å². The van der Waals surface area contributed by atoms with Crippen LogP contribution in [0.2, 0.25) is 0 Å². The van der Waals surface area contributed by atoms with Gasteiger partial charge < -0.3 is 16.0 Å². The second-order valence-corrected chi connectivity index (χ2v) is 2.80. The van der Waals surface area contributed by atoms with Crippen LogP contribution in [0.15, 0.2) is 6.33 Å². The normalized spacial score (nSPS) is 11.1. The Labute approximate surface area is 82.9 Å². The number of hydrogen-bond acceptors (Lipinski definition) is 5. The molecular weight excluding hydrogens is 206 g/mol. The number of halogens is 2. The van der Waals surface area contributed by atoms with E-state index in [0.717, 1.165) is 0 Å². The highest BCUT2D eigenvalue weighted by Gasteiger charge is 2.09. The molecule has 4 N–H and O–H groups in total. The minimum atomic E-state index is -2.46. The van der Waals surface area contributed by atoms with Crippen LogP contribution in [0.5, 0.6) is 0 Å². The van der Waals surface area contributed by atoms with Crippen LogP contribution < -0.4 is 11.1 Å². The fourth-order valence-electron chi connectivity index (χ4n) is 1.15. The molecule has 15 heavy (non-hydrogen) atoms. The third kappa shape index (κ3) is 1.92. The molecule has 6 nitrogen and oxygen atoms in total. The van der Waals surface area contributed by atoms with Gasteiger partial charge in [-0.15, -0.1) is 0 Å². The van der Waals surface area contributed by atoms with Crippen molar-refractivity contribution in [2.45, 2.75) is 6.43 Å². The third-order valence-electron chi connectivity index (χ3n) is 1.73. The number of rotatable bonds is 3. The van der Waals surface area contributed by atoms with Gasteiger partial charge in [0.25, 0.3) is 6.43 Å². The topological polar surface area (TPSA) is 92.5 Å². The van der Waals surface area contributed by atoms with E-state index < -0.39 is 13.0 Å². The number of nitrogens with one attached hydrogen (secondary N) is 2. The number of aromatic nitrogens is 4. The van der Waals surface area contributed by atoms with Gasteiger partial charge in [-0.2, -0.15) is 9.97 Å². The molecule has 0 aliphatic rings. The van der Waals surface area contributed by atoms with Crippen molar-refractivity contribution in [3.05, 3.63) is 6.33 Å². The van der Waals surface area contributed by atoms with Crippen molar-refractivity contribution in [1.29, 1.82) is 0 Å². The number of fused-ring (bicyclic) bond motifs is 1. The van der Waals surface area contributed by atoms with Gasteiger partial charge in [-0.1, -0.05) is 0 Å². The van der Waals surface area contributed by atoms with Crippen LogP contribution in [-0.2, 0) is 0 Å². The minimum Gasteiger partial charge on any atom is -0.368 e. The van der Waals surface area contributed by atoms with E-state index in [-0.39, 0.29) is 11.8 Å². The molecule has 0 aromatic carbocycles. The third-order valence-corrected chi connectivity index (χ3v) is 1.73. The van der Waals surface area contributed by atoms with E-state index in [9.17, 15) is 8.78 Å². The van der Waals surface area contributed by atoms with Gasteiger partial charge in [-0.3, -0.25) is 0 Å². The Morgan fingerprint density at radius 2 is 2.27 bits per heavy atom. The number of nitrogens with two attached hydrogens (primary N) is 1. The molecular formula is C7H8F2N6. The fraction of sp³-hybridized carbons (Fsp3) is 0.286. The highest BCUT2D eigenvalue weighted by molar-refractivity contribution is 5.83. The van der Waals surface area contributed by atoms with Crippen molar-refractivity contribution in [2.24, 2.45) is 0 Å². The number of imidazole rings is 1. The number of H-pyrrole nitrogens is 1. The maximum atomic E-state index is 12.0. The van der Waals surface area contributed by atoms with Crippen LogP contribution in [0, 0.1) is 0 Å². The Morgan fingerprint density at radius 3 is 3.00 bits per heavy atom. The largest absolute Gasteiger partial charge is 0.368 e. The number of nitrogens with zero attached hydrogens (tertiary/aromatic N) is 3. The summed E-state index contributed by atoms with van der Waals surface area (Å²) in [7, 11) is 0. The lowest BCUT2D eigenvalue weighted by Crippen LogP contribution is -2.12. The molecule has 0 unspecified atom stereocenters. The Kier molecular flexibility index (Phi) is 2.32. The van der Waals surface area contributed by atoms with Crippen LogP contribution in [-0.4, -0.2) is 32.9 Å². The van der Waals surface area contributed by atoms with E-state index in [1.54, 1.807) is 0 Å². The lowest BCUT2D eigenvalue weighted by molar-refractivity contribution is 0.163. The second-order valence-electron chi connectivity index (χ2n) is 2.80. The molecule has 0 aliphatic heterocycles. The molecule has 8 heteroatoms. The highest BCUT2D eigenvalue weighted by atomic mass is 19.3. The molecule has 0 atom stereocenters. The number of nitrogen functional groups attached to an aromatic ring is 1. The first-order valence-electron chi connectivity index (χ1n) is 4.15. The van der Waals surface area contributed by atoms with Crippen molar-refractivity contribution in [3.63, 3.8) is 0 Å². The molecule has 2 rings (SSSR count). The van der Waals surface area contributed by atoms with Crippen LogP contribution in [0.1, 0.15) is 0 Å². The molecule has 0 saturated heterocycles. The van der Waals surface area contributed by atoms with E-state index in [1.165, 1.54) is 6.33 Å². The molecule has 80 valence electrons. The number of aromatic amines is 1. The summed E-state index contributed by atoms with van der Waals surface area (Å²) >= 11 is 0. The average Bonchev–Trinajstić information content (AvgIpc) is 2.61. The van der Waals surface area contributed by atoms with Crippen LogP contribution in [0.4, 0.5) is 20.5 Å². The average molecular weight is 214 g/mol. The number of alkyl halides is 2. The fourth-order valence-corrected chi connectivity index (χ4v) is 1.15. The van der Waals surface area contributed by atoms with Crippen molar-refractivity contribution in [1.82, 2.24) is 19.9 Å². The Hall–Kier alpha value is -1.99. The van der Waals surface area contributed by atoms with Crippen LogP contribution in [0.25, 0.3) is 11.2 Å². The Balaban J connectivity index is 2.35. The van der Waals surface area contributed by atoms with Gasteiger partial charge in [0, 0.05) is 0 Å². The standard InChI is InChI=1S/C7H8F2N6/c8-3(9)1-11-5-4-6(13-2-12-4)15-7(10)14-5/h2-3H,1H2,(H4,10,11,12,13,14,15). The van der Waals surface area contributed by atoms with Gasteiger partial charge in [0.15, 0.2) is 11.5 Å². The summed E-state index contributed by atoms with van der Waals surface area (Å²) in [6.07, 6.45) is -1.06. The number of anilines is 2. The zero-order chi connectivity index (χ0) is 10.8. The molecule has 0 aliphatic carbocycles. The van der Waals surface area contributed by atoms with Crippen LogP contribution in [0.3, 0.4) is 0 Å². The summed E-state index contributed by atoms with van der Waals surface area (Å²) in [5.74, 6) is 0.224. The molecule has 0 radical (unpaired) electrons. The lowest BCUT2D eigenvalue weighted by Gasteiger charge is -2.05. The van der Waals surface area contributed by atoms with Crippen molar-refractivity contribution >= 4 is 22.9 Å². The van der Waals surface area contributed by atoms with Gasteiger partial charge in [0.05, 0.1) is 12.9 Å². The van der Waals surface area contributed by atoms with E-state index in [0.29, 0.717) is 11.2 Å². The molecule has 0 fully saturated rings. The monoisotopic (exact) mass is 214 g/mol. The summed E-state index contributed by atoms with van der Waals surface area (Å²) in [6, 6.07) is 0. The Morgan fingerprint density at radius 1 is 1.47 bits per heavy atom. The van der Waals surface area contributed by atoms with Gasteiger partial charge in [-0.25, -0.2) is 13.8 Å². The molecule has 2 aromatic rings. The van der Waals surface area contributed by atoms with Gasteiger partial charge in [0.1, 0.15) is 5.52 Å². The zero-order valence-corrected chi connectivity index (χ0v) is 7.54. The quantitative estimate of drug-likeness (QED) is 0.696. The summed E-state index contributed by atoms with van der Waals surface area (Å²) in [5, 5.41) is 2.46. The molecule has 0 saturated carbocycles. The summed E-state index contributed by atoms with van der Waals surface area (Å²) in [4.78, 5) is 14.2. The Bertz CT molecular complexity index is 467. The SMILES string of the molecule is Nc1nc(NCC(F)F)c2[nH]cnc2n1. The molecule has 0 spiro atoms. The first-order chi connectivity index (χ1) is 7.16. The number of hydrogen-bond donors (Lipinski definition) is 3. The summed E-state index contributed by atoms with van der Waals surface area (Å²) < 4.78 is 24.0. The maximum Gasteiger partial charge on any atom is 0.255 e. The first kappa shape index (κ1) is 9.56. The molecule has 2 aromatic heterocycles. The predicted octanol–water partition coefficient (Wildman–Crippen LogP) is 0.612. The van der Waals surface area contributed by atoms with Crippen molar-refractivity contribution < 1.29 is 8.78 Å². The maximum absolute atomic E-state index is 12.0. The molecule has 2 heterocycles. The van der Waals surface area contributed by atoms with Crippen molar-refractivity contribution in [3.8, 4) is 0 Å². The van der Waals surface area contributed by atoms with E-state index in [4.69, 9.17) is 5.73 Å². The molecule has 0 amide bonds. The smallest absolute Gasteiger partial charge is 0.255 e. The summed E-state index contributed by atoms with van der Waals surface area (Å²) in [5.41, 5.74) is 6.20. The molecule has 0 bridgehead atoms. The highest BCUT2D eigenvalue weighted by Crippen LogP contribution is 2.17.